The summed E-state index contributed by atoms with van der Waals surface area (Å²) in [5, 5.41) is 33.2. The number of ketones is 2. The van der Waals surface area contributed by atoms with Crippen molar-refractivity contribution in [3.8, 4) is 0 Å². The van der Waals surface area contributed by atoms with Gasteiger partial charge in [-0.15, -0.1) is 0 Å². The molecule has 5 rings (SSSR count). The number of carbonyl (C=O) groups excluding carboxylic acids is 3. The van der Waals surface area contributed by atoms with Crippen LogP contribution in [0.15, 0.2) is 35.1 Å². The minimum Gasteiger partial charge on any atom is -0.390 e. The van der Waals surface area contributed by atoms with Crippen molar-refractivity contribution in [1.29, 1.82) is 0 Å². The van der Waals surface area contributed by atoms with Crippen molar-refractivity contribution in [3.63, 3.8) is 0 Å². The largest absolute Gasteiger partial charge is 0.390 e. The first kappa shape index (κ1) is 24.5. The zero-order valence-corrected chi connectivity index (χ0v) is 20.6. The Kier molecular flexibility index (Phi) is 5.37. The molecule has 0 aromatic carbocycles. The van der Waals surface area contributed by atoms with E-state index in [0.29, 0.717) is 24.0 Å². The molecule has 5 aliphatic rings. The monoisotopic (exact) mass is 487 g/mol. The number of rotatable bonds is 3. The lowest BCUT2D eigenvalue weighted by Gasteiger charge is -2.42. The maximum Gasteiger partial charge on any atom is 0.267 e. The molecule has 3 N–H and O–H groups in total. The lowest BCUT2D eigenvalue weighted by atomic mass is 9.76. The summed E-state index contributed by atoms with van der Waals surface area (Å²) in [4.78, 5) is 40.9. The first-order valence-corrected chi connectivity index (χ1v) is 12.3. The Labute approximate surface area is 204 Å². The average Bonchev–Trinajstić information content (AvgIpc) is 3.04. The van der Waals surface area contributed by atoms with Gasteiger partial charge in [0.05, 0.1) is 24.0 Å². The van der Waals surface area contributed by atoms with Crippen molar-refractivity contribution in [1.82, 2.24) is 4.90 Å². The molecule has 3 fully saturated rings. The summed E-state index contributed by atoms with van der Waals surface area (Å²) in [5.74, 6) is -2.89. The number of ether oxygens (including phenoxy) is 2. The van der Waals surface area contributed by atoms with Gasteiger partial charge in [-0.05, 0) is 45.6 Å². The minimum atomic E-state index is -2.28. The van der Waals surface area contributed by atoms with Crippen LogP contribution in [0.5, 0.6) is 0 Å². The van der Waals surface area contributed by atoms with Gasteiger partial charge >= 0.3 is 0 Å². The predicted molar refractivity (Wildman–Crippen MR) is 122 cm³/mol. The molecule has 0 aromatic rings. The molecule has 0 radical (unpaired) electrons. The van der Waals surface area contributed by atoms with E-state index in [1.165, 1.54) is 12.2 Å². The highest BCUT2D eigenvalue weighted by atomic mass is 16.7. The fourth-order valence-electron chi connectivity index (χ4n) is 6.91. The van der Waals surface area contributed by atoms with Crippen molar-refractivity contribution in [2.24, 2.45) is 11.8 Å². The summed E-state index contributed by atoms with van der Waals surface area (Å²) >= 11 is 0. The second kappa shape index (κ2) is 7.66. The third kappa shape index (κ3) is 3.02. The highest BCUT2D eigenvalue weighted by molar-refractivity contribution is 6.21. The van der Waals surface area contributed by atoms with Crippen LogP contribution in [-0.2, 0) is 23.9 Å². The molecule has 3 heterocycles. The zero-order chi connectivity index (χ0) is 25.7. The van der Waals surface area contributed by atoms with E-state index in [1.807, 2.05) is 6.92 Å². The van der Waals surface area contributed by atoms with Gasteiger partial charge in [-0.1, -0.05) is 25.5 Å². The molecular formula is C26H33NO8. The molecule has 9 nitrogen and oxygen atoms in total. The Hall–Kier alpha value is -2.17. The van der Waals surface area contributed by atoms with Gasteiger partial charge in [0.25, 0.3) is 5.91 Å². The standard InChI is InChI=1S/C26H33NO8/c1-6-25-11-12(2)20-13(3)21(35-19-8-7-17(29)14(4)34-19)16-9-15(28)10-18(26(16,20)33)27(25)23(31)24(5,32)22(25)30/h9-11,13-14,17,19-21,29,32-33H,6-8H2,1-5H3/t13-,14-,17-,19+,20-,21+,24-,25+,26+/m1/s1. The van der Waals surface area contributed by atoms with E-state index in [0.717, 1.165) is 11.8 Å². The number of aliphatic hydroxyl groups excluding tert-OH is 1. The van der Waals surface area contributed by atoms with E-state index >= 15 is 0 Å². The molecule has 0 spiro atoms. The normalized spacial score (nSPS) is 47.1. The molecular weight excluding hydrogens is 454 g/mol. The van der Waals surface area contributed by atoms with Gasteiger partial charge in [0.1, 0.15) is 11.1 Å². The third-order valence-electron chi connectivity index (χ3n) is 8.66. The number of hydrogen-bond acceptors (Lipinski definition) is 8. The summed E-state index contributed by atoms with van der Waals surface area (Å²) in [6.07, 6.45) is 3.01. The molecule has 9 atom stereocenters. The quantitative estimate of drug-likeness (QED) is 0.395. The topological polar surface area (TPSA) is 134 Å². The number of fused-ring (bicyclic) bond motifs is 2. The highest BCUT2D eigenvalue weighted by Crippen LogP contribution is 2.59. The van der Waals surface area contributed by atoms with Crippen LogP contribution < -0.4 is 0 Å². The van der Waals surface area contributed by atoms with Crippen molar-refractivity contribution in [2.45, 2.75) is 95.2 Å². The molecule has 1 amide bonds. The van der Waals surface area contributed by atoms with Crippen molar-refractivity contribution < 1.29 is 39.2 Å². The lowest BCUT2D eigenvalue weighted by Crippen LogP contribution is -2.53. The number of aliphatic hydroxyl groups is 3. The summed E-state index contributed by atoms with van der Waals surface area (Å²) < 4.78 is 12.2. The van der Waals surface area contributed by atoms with Crippen LogP contribution in [0, 0.1) is 11.8 Å². The number of hydrogen-bond donors (Lipinski definition) is 3. The highest BCUT2D eigenvalue weighted by Gasteiger charge is 2.71. The Morgan fingerprint density at radius 2 is 1.86 bits per heavy atom. The number of allylic oxidation sites excluding steroid dienone is 2. The van der Waals surface area contributed by atoms with Gasteiger partial charge in [0, 0.05) is 24.0 Å². The molecule has 3 aliphatic heterocycles. The van der Waals surface area contributed by atoms with Gasteiger partial charge in [0.15, 0.2) is 12.1 Å². The Balaban J connectivity index is 1.64. The van der Waals surface area contributed by atoms with Crippen LogP contribution in [0.3, 0.4) is 0 Å². The van der Waals surface area contributed by atoms with Crippen LogP contribution in [0.2, 0.25) is 0 Å². The van der Waals surface area contributed by atoms with E-state index in [9.17, 15) is 29.7 Å². The van der Waals surface area contributed by atoms with E-state index in [2.05, 4.69) is 0 Å². The number of carbonyl (C=O) groups is 3. The first-order chi connectivity index (χ1) is 16.3. The average molecular weight is 488 g/mol. The number of Topliss-reactive ketones (excluding diaryl/α,β-unsaturated/α-hetero) is 1. The van der Waals surface area contributed by atoms with E-state index in [-0.39, 0.29) is 18.0 Å². The van der Waals surface area contributed by atoms with Crippen molar-refractivity contribution in [2.75, 3.05) is 0 Å². The van der Waals surface area contributed by atoms with E-state index in [4.69, 9.17) is 9.47 Å². The van der Waals surface area contributed by atoms with Crippen LogP contribution >= 0.6 is 0 Å². The molecule has 0 aromatic heterocycles. The Morgan fingerprint density at radius 3 is 2.49 bits per heavy atom. The van der Waals surface area contributed by atoms with Gasteiger partial charge in [-0.25, -0.2) is 0 Å². The third-order valence-corrected chi connectivity index (χ3v) is 8.66. The van der Waals surface area contributed by atoms with Gasteiger partial charge in [0.2, 0.25) is 11.4 Å². The van der Waals surface area contributed by atoms with Crippen LogP contribution in [0.1, 0.15) is 53.9 Å². The molecule has 35 heavy (non-hydrogen) atoms. The fourth-order valence-corrected chi connectivity index (χ4v) is 6.91. The number of amides is 1. The SMILES string of the molecule is CC[C@@]12C=C(C)[C@@H]3[C@@H](C)[C@H](O[C@H]4CC[C@@H](O)[C@@H](C)O4)C4=CC(=O)C=C(N1C(=O)[C@](C)(O)C2=O)[C@@]43O. The summed E-state index contributed by atoms with van der Waals surface area (Å²) in [6.45, 7) is 8.37. The molecule has 190 valence electrons. The fraction of sp³-hybridized carbons (Fsp3) is 0.654. The molecule has 2 saturated heterocycles. The second-order valence-electron chi connectivity index (χ2n) is 10.8. The molecule has 2 aliphatic carbocycles. The second-order valence-corrected chi connectivity index (χ2v) is 10.8. The Bertz CT molecular complexity index is 1100. The van der Waals surface area contributed by atoms with Gasteiger partial charge < -0.3 is 24.8 Å². The Morgan fingerprint density at radius 1 is 1.17 bits per heavy atom. The summed E-state index contributed by atoms with van der Waals surface area (Å²) in [6, 6.07) is 0. The van der Waals surface area contributed by atoms with Gasteiger partial charge in [-0.2, -0.15) is 0 Å². The molecule has 1 saturated carbocycles. The lowest BCUT2D eigenvalue weighted by molar-refractivity contribution is -0.233. The molecule has 9 heteroatoms. The maximum atomic E-state index is 13.4. The van der Waals surface area contributed by atoms with E-state index in [1.54, 1.807) is 26.8 Å². The van der Waals surface area contributed by atoms with Crippen LogP contribution in [0.25, 0.3) is 0 Å². The van der Waals surface area contributed by atoms with Gasteiger partial charge in [-0.3, -0.25) is 19.3 Å². The summed E-state index contributed by atoms with van der Waals surface area (Å²) in [5.41, 5.74) is -4.59. The minimum absolute atomic E-state index is 0.00220. The van der Waals surface area contributed by atoms with Crippen molar-refractivity contribution >= 4 is 17.5 Å². The van der Waals surface area contributed by atoms with Crippen molar-refractivity contribution in [3.05, 3.63) is 35.1 Å². The zero-order valence-electron chi connectivity index (χ0n) is 20.6. The molecule has 0 unspecified atom stereocenters. The van der Waals surface area contributed by atoms with Crippen LogP contribution in [0.4, 0.5) is 0 Å². The first-order valence-electron chi connectivity index (χ1n) is 12.3. The van der Waals surface area contributed by atoms with E-state index < -0.39 is 64.7 Å². The summed E-state index contributed by atoms with van der Waals surface area (Å²) in [7, 11) is 0. The number of nitrogens with zero attached hydrogens (tertiary/aromatic N) is 1. The maximum absolute atomic E-state index is 13.4. The van der Waals surface area contributed by atoms with Crippen LogP contribution in [-0.4, -0.2) is 79.0 Å². The predicted octanol–water partition coefficient (Wildman–Crippen LogP) is 0.918. The molecule has 0 bridgehead atoms. The smallest absolute Gasteiger partial charge is 0.267 e.